The van der Waals surface area contributed by atoms with Gasteiger partial charge >= 0.3 is 13.1 Å². The molecule has 1 aromatic carbocycles. The third-order valence-electron chi connectivity index (χ3n) is 8.35. The van der Waals surface area contributed by atoms with Gasteiger partial charge in [0.05, 0.1) is 23.9 Å². The molecule has 190 valence electrons. The lowest BCUT2D eigenvalue weighted by atomic mass is 9.78. The molecule has 8 heteroatoms. The van der Waals surface area contributed by atoms with Crippen LogP contribution in [0.3, 0.4) is 0 Å². The molecule has 7 nitrogen and oxygen atoms in total. The van der Waals surface area contributed by atoms with Crippen molar-refractivity contribution in [3.05, 3.63) is 59.4 Å². The van der Waals surface area contributed by atoms with Crippen molar-refractivity contribution < 1.29 is 18.8 Å². The molecular formula is C28H36BN3O4. The smallest absolute Gasteiger partial charge is 0.465 e. The number of esters is 1. The average molecular weight is 489 g/mol. The van der Waals surface area contributed by atoms with Gasteiger partial charge in [-0.3, -0.25) is 4.90 Å². The number of pyridine rings is 1. The number of fused-ring (bicyclic) bond motifs is 1. The first-order valence-corrected chi connectivity index (χ1v) is 12.8. The summed E-state index contributed by atoms with van der Waals surface area (Å²) >= 11 is 0. The van der Waals surface area contributed by atoms with Crippen LogP contribution in [0.4, 0.5) is 0 Å². The number of hydrogen-bond acceptors (Lipinski definition) is 6. The molecular weight excluding hydrogens is 453 g/mol. The van der Waals surface area contributed by atoms with E-state index in [9.17, 15) is 4.79 Å². The van der Waals surface area contributed by atoms with Crippen LogP contribution >= 0.6 is 0 Å². The van der Waals surface area contributed by atoms with E-state index in [1.807, 2.05) is 24.4 Å². The zero-order valence-corrected chi connectivity index (χ0v) is 22.2. The number of ether oxygens (including phenoxy) is 1. The van der Waals surface area contributed by atoms with E-state index in [0.29, 0.717) is 11.5 Å². The Morgan fingerprint density at radius 3 is 2.33 bits per heavy atom. The van der Waals surface area contributed by atoms with Gasteiger partial charge in [-0.15, -0.1) is 0 Å². The minimum Gasteiger partial charge on any atom is -0.465 e. The van der Waals surface area contributed by atoms with Gasteiger partial charge in [-0.05, 0) is 94.8 Å². The van der Waals surface area contributed by atoms with Gasteiger partial charge in [0.1, 0.15) is 5.65 Å². The molecule has 0 N–H and O–H groups in total. The fourth-order valence-electron chi connectivity index (χ4n) is 5.28. The van der Waals surface area contributed by atoms with Crippen molar-refractivity contribution in [3.63, 3.8) is 0 Å². The normalized spacial score (nSPS) is 20.2. The number of likely N-dealkylation sites (tertiary alicyclic amines) is 1. The summed E-state index contributed by atoms with van der Waals surface area (Å²) in [4.78, 5) is 18.9. The molecule has 2 aliphatic rings. The second-order valence-corrected chi connectivity index (χ2v) is 11.1. The summed E-state index contributed by atoms with van der Waals surface area (Å²) in [7, 11) is 3.10. The van der Waals surface area contributed by atoms with Crippen molar-refractivity contribution in [2.75, 3.05) is 20.2 Å². The molecule has 36 heavy (non-hydrogen) atoms. The van der Waals surface area contributed by atoms with Crippen molar-refractivity contribution in [1.29, 1.82) is 0 Å². The zero-order valence-electron chi connectivity index (χ0n) is 22.2. The molecule has 0 radical (unpaired) electrons. The first-order chi connectivity index (χ1) is 17.1. The third kappa shape index (κ3) is 4.46. The first-order valence-electron chi connectivity index (χ1n) is 12.8. The van der Waals surface area contributed by atoms with Gasteiger partial charge in [-0.1, -0.05) is 12.1 Å². The summed E-state index contributed by atoms with van der Waals surface area (Å²) < 4.78 is 19.7. The van der Waals surface area contributed by atoms with Gasteiger partial charge in [0.15, 0.2) is 0 Å². The van der Waals surface area contributed by atoms with E-state index in [1.54, 1.807) is 0 Å². The highest BCUT2D eigenvalue weighted by Crippen LogP contribution is 2.37. The summed E-state index contributed by atoms with van der Waals surface area (Å²) in [6, 6.07) is 12.1. The molecule has 0 atom stereocenters. The van der Waals surface area contributed by atoms with E-state index in [-0.39, 0.29) is 17.2 Å². The number of piperidine rings is 1. The van der Waals surface area contributed by atoms with Crippen LogP contribution < -0.4 is 5.46 Å². The second kappa shape index (κ2) is 9.32. The molecule has 2 fully saturated rings. The van der Waals surface area contributed by atoms with Crippen molar-refractivity contribution in [3.8, 4) is 0 Å². The number of aromatic nitrogens is 2. The topological polar surface area (TPSA) is 65.8 Å². The molecule has 4 heterocycles. The Labute approximate surface area is 213 Å². The van der Waals surface area contributed by atoms with E-state index in [1.165, 1.54) is 18.4 Å². The van der Waals surface area contributed by atoms with Gasteiger partial charge < -0.3 is 18.6 Å². The lowest BCUT2D eigenvalue weighted by Gasteiger charge is -2.32. The molecule has 0 saturated carbocycles. The summed E-state index contributed by atoms with van der Waals surface area (Å²) in [5.41, 5.74) is 4.37. The van der Waals surface area contributed by atoms with Gasteiger partial charge in [0, 0.05) is 30.9 Å². The molecule has 0 amide bonds. The van der Waals surface area contributed by atoms with Crippen LogP contribution in [-0.4, -0.2) is 58.9 Å². The number of carbonyl (C=O) groups is 1. The monoisotopic (exact) mass is 489 g/mol. The molecule has 0 unspecified atom stereocenters. The van der Waals surface area contributed by atoms with Gasteiger partial charge in [0.25, 0.3) is 0 Å². The molecule has 2 aliphatic heterocycles. The number of hydrogen-bond donors (Lipinski definition) is 0. The maximum atomic E-state index is 11.7. The van der Waals surface area contributed by atoms with Crippen molar-refractivity contribution in [2.24, 2.45) is 7.05 Å². The molecule has 5 rings (SSSR count). The van der Waals surface area contributed by atoms with Crippen LogP contribution in [0, 0.1) is 0 Å². The highest BCUT2D eigenvalue weighted by molar-refractivity contribution is 6.65. The standard InChI is InChI=1S/C28H36BN3O4/c1-27(2)28(3,4)36-29(35-27)24-11-14-30-25-23(24)17-22(31(25)5)18-32-15-12-20(13-16-32)19-7-9-21(10-8-19)26(33)34-6/h7-11,14,17,20H,12-13,15-16,18H2,1-6H3. The Morgan fingerprint density at radius 2 is 1.72 bits per heavy atom. The molecule has 0 spiro atoms. The SMILES string of the molecule is COC(=O)c1ccc(C2CCN(Cc3cc4c(B5OC(C)(C)C(C)(C)O5)ccnc4n3C)CC2)cc1. The fraction of sp³-hybridized carbons (Fsp3) is 0.500. The number of benzene rings is 1. The molecule has 2 aromatic heterocycles. The first kappa shape index (κ1) is 25.0. The van der Waals surface area contributed by atoms with Crippen LogP contribution in [-0.2, 0) is 27.6 Å². The zero-order chi connectivity index (χ0) is 25.7. The summed E-state index contributed by atoms with van der Waals surface area (Å²) in [5, 5.41) is 1.09. The van der Waals surface area contributed by atoms with E-state index in [0.717, 1.165) is 49.0 Å². The minimum atomic E-state index is -0.405. The lowest BCUT2D eigenvalue weighted by Crippen LogP contribution is -2.41. The molecule has 0 aliphatic carbocycles. The number of carbonyl (C=O) groups excluding carboxylic acids is 1. The van der Waals surface area contributed by atoms with E-state index in [2.05, 4.69) is 67.4 Å². The maximum absolute atomic E-state index is 11.7. The van der Waals surface area contributed by atoms with Crippen LogP contribution in [0.25, 0.3) is 11.0 Å². The molecule has 2 saturated heterocycles. The highest BCUT2D eigenvalue weighted by Gasteiger charge is 2.52. The minimum absolute atomic E-state index is 0.289. The largest absolute Gasteiger partial charge is 0.495 e. The van der Waals surface area contributed by atoms with Crippen molar-refractivity contribution in [2.45, 2.75) is 64.2 Å². The highest BCUT2D eigenvalue weighted by atomic mass is 16.7. The Hall–Kier alpha value is -2.68. The van der Waals surface area contributed by atoms with Crippen molar-refractivity contribution >= 4 is 29.6 Å². The fourth-order valence-corrected chi connectivity index (χ4v) is 5.28. The lowest BCUT2D eigenvalue weighted by molar-refractivity contribution is 0.00578. The average Bonchev–Trinajstić information content (AvgIpc) is 3.29. The van der Waals surface area contributed by atoms with Crippen LogP contribution in [0.15, 0.2) is 42.6 Å². The molecule has 3 aromatic rings. The van der Waals surface area contributed by atoms with E-state index >= 15 is 0 Å². The van der Waals surface area contributed by atoms with E-state index in [4.69, 9.17) is 14.0 Å². The Bertz CT molecular complexity index is 1240. The van der Waals surface area contributed by atoms with Crippen LogP contribution in [0.5, 0.6) is 0 Å². The summed E-state index contributed by atoms with van der Waals surface area (Å²) in [6.45, 7) is 11.3. The van der Waals surface area contributed by atoms with Crippen LogP contribution in [0.1, 0.15) is 68.1 Å². The maximum Gasteiger partial charge on any atom is 0.495 e. The van der Waals surface area contributed by atoms with Gasteiger partial charge in [0.2, 0.25) is 0 Å². The van der Waals surface area contributed by atoms with Gasteiger partial charge in [-0.25, -0.2) is 9.78 Å². The summed E-state index contributed by atoms with van der Waals surface area (Å²) in [5.74, 6) is 0.222. The number of nitrogens with zero attached hydrogens (tertiary/aromatic N) is 3. The number of rotatable bonds is 5. The summed E-state index contributed by atoms with van der Waals surface area (Å²) in [6.07, 6.45) is 4.04. The molecule has 0 bridgehead atoms. The quantitative estimate of drug-likeness (QED) is 0.398. The second-order valence-electron chi connectivity index (χ2n) is 11.1. The predicted molar refractivity (Wildman–Crippen MR) is 141 cm³/mol. The predicted octanol–water partition coefficient (Wildman–Crippen LogP) is 4.04. The van der Waals surface area contributed by atoms with Gasteiger partial charge in [-0.2, -0.15) is 0 Å². The van der Waals surface area contributed by atoms with Crippen LogP contribution in [0.2, 0.25) is 0 Å². The Kier molecular flexibility index (Phi) is 6.47. The van der Waals surface area contributed by atoms with Crippen molar-refractivity contribution in [1.82, 2.24) is 14.5 Å². The number of methoxy groups -OCH3 is 1. The number of aryl methyl sites for hydroxylation is 1. The van der Waals surface area contributed by atoms with E-state index < -0.39 is 7.12 Å². The Balaban J connectivity index is 1.28. The third-order valence-corrected chi connectivity index (χ3v) is 8.35. The Morgan fingerprint density at radius 1 is 1.08 bits per heavy atom.